The third kappa shape index (κ3) is 3.94. The Labute approximate surface area is 179 Å². The van der Waals surface area contributed by atoms with Crippen molar-refractivity contribution in [3.05, 3.63) is 77.8 Å². The summed E-state index contributed by atoms with van der Waals surface area (Å²) < 4.78 is 27.3. The van der Waals surface area contributed by atoms with E-state index in [0.29, 0.717) is 23.2 Å². The molecule has 1 fully saturated rings. The number of hydrogen-bond acceptors (Lipinski definition) is 3. The molecule has 0 spiro atoms. The first kappa shape index (κ1) is 19.8. The molecule has 1 saturated carbocycles. The fourth-order valence-electron chi connectivity index (χ4n) is 4.89. The second-order valence-corrected chi connectivity index (χ2v) is 8.53. The van der Waals surface area contributed by atoms with E-state index in [4.69, 9.17) is 0 Å². The number of halogens is 2. The smallest absolute Gasteiger partial charge is 0.161 e. The maximum Gasteiger partial charge on any atom is 0.161 e. The van der Waals surface area contributed by atoms with Crippen molar-refractivity contribution in [2.24, 2.45) is 5.92 Å². The zero-order valence-electron chi connectivity index (χ0n) is 17.4. The third-order valence-corrected chi connectivity index (χ3v) is 6.69. The van der Waals surface area contributed by atoms with E-state index in [-0.39, 0.29) is 17.6 Å². The van der Waals surface area contributed by atoms with Gasteiger partial charge in [0.2, 0.25) is 0 Å². The summed E-state index contributed by atoms with van der Waals surface area (Å²) in [5, 5.41) is 9.51. The van der Waals surface area contributed by atoms with Crippen molar-refractivity contribution in [1.82, 2.24) is 20.2 Å². The highest BCUT2D eigenvalue weighted by Gasteiger charge is 2.29. The number of fused-ring (bicyclic) bond motifs is 1. The van der Waals surface area contributed by atoms with Crippen LogP contribution in [0.1, 0.15) is 55.8 Å². The molecule has 1 atom stereocenters. The van der Waals surface area contributed by atoms with Gasteiger partial charge < -0.3 is 4.98 Å². The van der Waals surface area contributed by atoms with Crippen LogP contribution in [-0.2, 0) is 0 Å². The van der Waals surface area contributed by atoms with Crippen LogP contribution in [0.25, 0.3) is 22.3 Å². The lowest BCUT2D eigenvalue weighted by atomic mass is 9.73. The lowest BCUT2D eigenvalue weighted by Gasteiger charge is -2.32. The molecule has 2 aromatic heterocycles. The number of rotatable bonds is 4. The number of H-pyrrole nitrogens is 1. The van der Waals surface area contributed by atoms with Crippen molar-refractivity contribution in [3.8, 4) is 11.4 Å². The molecule has 4 aromatic rings. The van der Waals surface area contributed by atoms with Crippen LogP contribution in [0.15, 0.2) is 54.7 Å². The summed E-state index contributed by atoms with van der Waals surface area (Å²) in [4.78, 5) is 7.67. The molecular weight excluding hydrogens is 394 g/mol. The van der Waals surface area contributed by atoms with Gasteiger partial charge >= 0.3 is 0 Å². The van der Waals surface area contributed by atoms with E-state index in [1.54, 1.807) is 18.2 Å². The van der Waals surface area contributed by atoms with Crippen molar-refractivity contribution >= 4 is 10.9 Å². The molecular formula is C25H24F2N4. The molecule has 5 rings (SSSR count). The minimum Gasteiger partial charge on any atom is -0.325 e. The number of hydrogen-bond donors (Lipinski definition) is 1. The first-order valence-electron chi connectivity index (χ1n) is 10.8. The van der Waals surface area contributed by atoms with E-state index in [1.807, 2.05) is 18.3 Å². The second-order valence-electron chi connectivity index (χ2n) is 8.53. The summed E-state index contributed by atoms with van der Waals surface area (Å²) in [5.41, 5.74) is 2.75. The number of aromatic nitrogens is 4. The molecule has 158 valence electrons. The Morgan fingerprint density at radius 1 is 0.935 bits per heavy atom. The zero-order valence-corrected chi connectivity index (χ0v) is 17.4. The van der Waals surface area contributed by atoms with Crippen LogP contribution in [-0.4, -0.2) is 20.2 Å². The standard InChI is InChI=1S/C25H24F2N4/c1-15(24-29-25(31-30-24)18-3-2-4-19(26)13-18)16-5-7-17(8-6-16)21-11-12-28-23-10-9-20(27)14-22(21)23/h2-4,9-17H,5-8H2,1H3,(H,29,30,31)/t15-,16?,17?/m1/s1. The molecule has 0 radical (unpaired) electrons. The maximum absolute atomic E-state index is 13.8. The molecule has 0 aliphatic heterocycles. The predicted octanol–water partition coefficient (Wildman–Crippen LogP) is 6.38. The molecule has 1 N–H and O–H groups in total. The molecule has 6 heteroatoms. The Kier molecular flexibility index (Phi) is 5.22. The summed E-state index contributed by atoms with van der Waals surface area (Å²) >= 11 is 0. The van der Waals surface area contributed by atoms with Crippen molar-refractivity contribution in [2.75, 3.05) is 0 Å². The summed E-state index contributed by atoms with van der Waals surface area (Å²) in [5.74, 6) is 2.08. The first-order valence-corrected chi connectivity index (χ1v) is 10.8. The van der Waals surface area contributed by atoms with Gasteiger partial charge in [0.15, 0.2) is 5.82 Å². The fraction of sp³-hybridized carbons (Fsp3) is 0.320. The molecule has 1 aliphatic rings. The van der Waals surface area contributed by atoms with E-state index in [0.717, 1.165) is 42.4 Å². The summed E-state index contributed by atoms with van der Waals surface area (Å²) in [6.07, 6.45) is 6.07. The van der Waals surface area contributed by atoms with Crippen LogP contribution in [0.3, 0.4) is 0 Å². The zero-order chi connectivity index (χ0) is 21.4. The molecule has 2 heterocycles. The van der Waals surface area contributed by atoms with Crippen LogP contribution >= 0.6 is 0 Å². The highest BCUT2D eigenvalue weighted by Crippen LogP contribution is 2.42. The highest BCUT2D eigenvalue weighted by molar-refractivity contribution is 5.82. The van der Waals surface area contributed by atoms with Crippen molar-refractivity contribution in [3.63, 3.8) is 0 Å². The number of pyridine rings is 1. The Bertz CT molecular complexity index is 1210. The van der Waals surface area contributed by atoms with Crippen LogP contribution in [0.2, 0.25) is 0 Å². The molecule has 0 bridgehead atoms. The van der Waals surface area contributed by atoms with Gasteiger partial charge in [-0.2, -0.15) is 0 Å². The summed E-state index contributed by atoms with van der Waals surface area (Å²) in [7, 11) is 0. The summed E-state index contributed by atoms with van der Waals surface area (Å²) in [6.45, 7) is 2.18. The van der Waals surface area contributed by atoms with Crippen LogP contribution in [0, 0.1) is 17.6 Å². The fourth-order valence-corrected chi connectivity index (χ4v) is 4.89. The van der Waals surface area contributed by atoms with Crippen LogP contribution < -0.4 is 0 Å². The molecule has 31 heavy (non-hydrogen) atoms. The number of nitrogens with zero attached hydrogens (tertiary/aromatic N) is 3. The molecule has 0 amide bonds. The van der Waals surface area contributed by atoms with Gasteiger partial charge in [0.25, 0.3) is 0 Å². The first-order chi connectivity index (χ1) is 15.1. The number of benzene rings is 2. The largest absolute Gasteiger partial charge is 0.325 e. The second kappa shape index (κ2) is 8.17. The van der Waals surface area contributed by atoms with Gasteiger partial charge in [-0.05, 0) is 79.5 Å². The average molecular weight is 418 g/mol. The lowest BCUT2D eigenvalue weighted by Crippen LogP contribution is -2.19. The Morgan fingerprint density at radius 2 is 1.74 bits per heavy atom. The van der Waals surface area contributed by atoms with Gasteiger partial charge in [0, 0.05) is 23.1 Å². The highest BCUT2D eigenvalue weighted by atomic mass is 19.1. The van der Waals surface area contributed by atoms with Gasteiger partial charge in [-0.3, -0.25) is 4.98 Å². The molecule has 1 aliphatic carbocycles. The monoisotopic (exact) mass is 418 g/mol. The Hall–Kier alpha value is -3.15. The van der Waals surface area contributed by atoms with Gasteiger partial charge in [-0.1, -0.05) is 19.1 Å². The lowest BCUT2D eigenvalue weighted by molar-refractivity contribution is 0.286. The normalized spacial score (nSPS) is 20.1. The average Bonchev–Trinajstić information content (AvgIpc) is 3.29. The molecule has 0 saturated heterocycles. The van der Waals surface area contributed by atoms with Crippen LogP contribution in [0.4, 0.5) is 8.78 Å². The minimum atomic E-state index is -0.287. The predicted molar refractivity (Wildman–Crippen MR) is 117 cm³/mol. The van der Waals surface area contributed by atoms with E-state index in [2.05, 4.69) is 27.1 Å². The van der Waals surface area contributed by atoms with Crippen molar-refractivity contribution in [2.45, 2.75) is 44.4 Å². The topological polar surface area (TPSA) is 54.5 Å². The SMILES string of the molecule is C[C@@H](c1nnc(-c2cccc(F)c2)[nH]1)C1CCC(c2ccnc3ccc(F)cc23)CC1. The third-order valence-electron chi connectivity index (χ3n) is 6.69. The minimum absolute atomic E-state index is 0.219. The Morgan fingerprint density at radius 3 is 2.55 bits per heavy atom. The van der Waals surface area contributed by atoms with E-state index in [1.165, 1.54) is 23.8 Å². The van der Waals surface area contributed by atoms with Crippen molar-refractivity contribution < 1.29 is 8.78 Å². The van der Waals surface area contributed by atoms with Crippen molar-refractivity contribution in [1.29, 1.82) is 0 Å². The number of aromatic amines is 1. The Balaban J connectivity index is 1.30. The molecule has 2 aromatic carbocycles. The van der Waals surface area contributed by atoms with Gasteiger partial charge in [0.05, 0.1) is 5.52 Å². The quantitative estimate of drug-likeness (QED) is 0.419. The van der Waals surface area contributed by atoms with E-state index >= 15 is 0 Å². The van der Waals surface area contributed by atoms with Gasteiger partial charge in [-0.25, -0.2) is 8.78 Å². The molecule has 0 unspecified atom stereocenters. The van der Waals surface area contributed by atoms with Gasteiger partial charge in [-0.15, -0.1) is 10.2 Å². The van der Waals surface area contributed by atoms with E-state index in [9.17, 15) is 8.78 Å². The molecule has 4 nitrogen and oxygen atoms in total. The maximum atomic E-state index is 13.8. The van der Waals surface area contributed by atoms with E-state index < -0.39 is 0 Å². The van der Waals surface area contributed by atoms with Crippen LogP contribution in [0.5, 0.6) is 0 Å². The number of nitrogens with one attached hydrogen (secondary N) is 1. The summed E-state index contributed by atoms with van der Waals surface area (Å²) in [6, 6.07) is 13.2. The van der Waals surface area contributed by atoms with Gasteiger partial charge in [0.1, 0.15) is 17.5 Å².